The Hall–Kier alpha value is -3.57. The van der Waals surface area contributed by atoms with Crippen molar-refractivity contribution < 1.29 is 33.3 Å². The Bertz CT molecular complexity index is 1090. The van der Waals surface area contributed by atoms with E-state index < -0.39 is 19.0 Å². The highest BCUT2D eigenvalue weighted by molar-refractivity contribution is 7.96. The van der Waals surface area contributed by atoms with E-state index in [9.17, 15) is 9.59 Å². The van der Waals surface area contributed by atoms with Crippen LogP contribution in [0.1, 0.15) is 26.3 Å². The summed E-state index contributed by atoms with van der Waals surface area (Å²) < 4.78 is 27.2. The number of carbonyl (C=O) groups is 2. The van der Waals surface area contributed by atoms with Crippen molar-refractivity contribution >= 4 is 24.3 Å². The van der Waals surface area contributed by atoms with Gasteiger partial charge in [0.15, 0.2) is 0 Å². The minimum Gasteiger partial charge on any atom is -0.497 e. The molecule has 0 heterocycles. The van der Waals surface area contributed by atoms with Gasteiger partial charge in [-0.2, -0.15) is 0 Å². The molecule has 0 aliphatic carbocycles. The van der Waals surface area contributed by atoms with E-state index in [0.29, 0.717) is 34.1 Å². The van der Waals surface area contributed by atoms with E-state index in [-0.39, 0.29) is 11.1 Å². The summed E-state index contributed by atoms with van der Waals surface area (Å²) >= 11 is 0. The quantitative estimate of drug-likeness (QED) is 0.383. The number of rotatable bonds is 10. The van der Waals surface area contributed by atoms with Crippen molar-refractivity contribution in [2.75, 3.05) is 35.5 Å². The Morgan fingerprint density at radius 1 is 0.618 bits per heavy atom. The molecule has 0 unspecified atom stereocenters. The molecule has 8 heteroatoms. The Labute approximate surface area is 200 Å². The zero-order valence-electron chi connectivity index (χ0n) is 20.0. The molecule has 0 aliphatic heterocycles. The second-order valence-corrected chi connectivity index (χ2v) is 9.14. The first-order chi connectivity index (χ1) is 16.4. The van der Waals surface area contributed by atoms with Gasteiger partial charge in [-0.05, 0) is 60.3 Å². The van der Waals surface area contributed by atoms with Crippen LogP contribution in [0.25, 0.3) is 0 Å². The number of carbonyl (C=O) groups excluding carboxylic acids is 2. The minimum atomic E-state index is -2.11. The molecule has 0 amide bonds. The molecule has 0 aromatic heterocycles. The number of ether oxygens (including phenoxy) is 5. The molecule has 0 fully saturated rings. The highest BCUT2D eigenvalue weighted by atomic mass is 31.1. The first kappa shape index (κ1) is 25.1. The number of aryl methyl sites for hydroxylation is 1. The number of hydrogen-bond acceptors (Lipinski definition) is 7. The summed E-state index contributed by atoms with van der Waals surface area (Å²) in [6.45, 7) is 1.84. The van der Waals surface area contributed by atoms with Gasteiger partial charge in [-0.15, -0.1) is 0 Å². The predicted molar refractivity (Wildman–Crippen MR) is 132 cm³/mol. The normalized spacial score (nSPS) is 10.6. The molecule has 3 rings (SSSR count). The molecule has 0 N–H and O–H groups in total. The molecule has 0 saturated heterocycles. The van der Waals surface area contributed by atoms with Gasteiger partial charge in [0.05, 0.1) is 43.5 Å². The second kappa shape index (κ2) is 11.0. The van der Waals surface area contributed by atoms with Gasteiger partial charge in [0, 0.05) is 0 Å². The van der Waals surface area contributed by atoms with Crippen LogP contribution < -0.4 is 29.0 Å². The lowest BCUT2D eigenvalue weighted by atomic mass is 10.2. The van der Waals surface area contributed by atoms with E-state index in [2.05, 4.69) is 0 Å². The van der Waals surface area contributed by atoms with Crippen molar-refractivity contribution in [2.45, 2.75) is 6.92 Å². The molecule has 0 aliphatic rings. The van der Waals surface area contributed by atoms with Crippen molar-refractivity contribution in [3.63, 3.8) is 0 Å². The smallest absolute Gasteiger partial charge is 0.204 e. The lowest BCUT2D eigenvalue weighted by Gasteiger charge is -2.22. The summed E-state index contributed by atoms with van der Waals surface area (Å²) in [6, 6.07) is 15.4. The molecule has 7 nitrogen and oxygen atoms in total. The number of benzene rings is 3. The largest absolute Gasteiger partial charge is 0.497 e. The van der Waals surface area contributed by atoms with Gasteiger partial charge in [0.1, 0.15) is 39.9 Å². The summed E-state index contributed by atoms with van der Waals surface area (Å²) in [6.07, 6.45) is 0. The average Bonchev–Trinajstić information content (AvgIpc) is 2.88. The van der Waals surface area contributed by atoms with Gasteiger partial charge in [-0.1, -0.05) is 12.1 Å². The van der Waals surface area contributed by atoms with Crippen molar-refractivity contribution in [2.24, 2.45) is 0 Å². The first-order valence-electron chi connectivity index (χ1n) is 10.4. The van der Waals surface area contributed by atoms with E-state index in [1.807, 2.05) is 6.92 Å². The minimum absolute atomic E-state index is 0.205. The summed E-state index contributed by atoms with van der Waals surface area (Å²) in [5.74, 6) is 1.91. The van der Waals surface area contributed by atoms with Crippen LogP contribution in [0.15, 0.2) is 54.6 Å². The highest BCUT2D eigenvalue weighted by Gasteiger charge is 2.37. The molecule has 178 valence electrons. The SMILES string of the molecule is COc1ccc(P(C(=O)c2c(OC)cccc2OC)C(=O)c2c(OC)cccc2OC)c(C)c1. The Kier molecular flexibility index (Phi) is 8.13. The molecule has 0 atom stereocenters. The Morgan fingerprint density at radius 2 is 1.03 bits per heavy atom. The first-order valence-corrected chi connectivity index (χ1v) is 11.7. The van der Waals surface area contributed by atoms with Crippen LogP contribution in [0.2, 0.25) is 0 Å². The van der Waals surface area contributed by atoms with Crippen molar-refractivity contribution in [1.29, 1.82) is 0 Å². The van der Waals surface area contributed by atoms with Gasteiger partial charge in [-0.25, -0.2) is 0 Å². The van der Waals surface area contributed by atoms with Crippen LogP contribution in [0.3, 0.4) is 0 Å². The van der Waals surface area contributed by atoms with Gasteiger partial charge >= 0.3 is 0 Å². The third-order valence-electron chi connectivity index (χ3n) is 5.33. The molecule has 34 heavy (non-hydrogen) atoms. The lowest BCUT2D eigenvalue weighted by Crippen LogP contribution is -2.20. The van der Waals surface area contributed by atoms with Crippen LogP contribution in [0.5, 0.6) is 28.7 Å². The molecule has 3 aromatic carbocycles. The standard InChI is InChI=1S/C26H27O7P/c1-16-15-17(29-2)13-14-22(16)34(25(27)23-18(30-3)9-7-10-19(23)31-4)26(28)24-20(32-5)11-8-12-21(24)33-6/h7-15H,1-6H3. The van der Waals surface area contributed by atoms with Crippen molar-refractivity contribution in [1.82, 2.24) is 0 Å². The fraction of sp³-hybridized carbons (Fsp3) is 0.231. The third-order valence-corrected chi connectivity index (χ3v) is 7.58. The van der Waals surface area contributed by atoms with Gasteiger partial charge in [0.2, 0.25) is 11.0 Å². The summed E-state index contributed by atoms with van der Waals surface area (Å²) in [4.78, 5) is 28.3. The maximum atomic E-state index is 14.2. The summed E-state index contributed by atoms with van der Waals surface area (Å²) in [5, 5.41) is 0.590. The maximum Gasteiger partial charge on any atom is 0.204 e. The van der Waals surface area contributed by atoms with E-state index in [1.54, 1.807) is 61.7 Å². The lowest BCUT2D eigenvalue weighted by molar-refractivity contribution is 0.104. The average molecular weight is 482 g/mol. The molecule has 0 bridgehead atoms. The van der Waals surface area contributed by atoms with Crippen LogP contribution >= 0.6 is 7.92 Å². The second-order valence-electron chi connectivity index (χ2n) is 7.17. The monoisotopic (exact) mass is 482 g/mol. The zero-order valence-corrected chi connectivity index (χ0v) is 20.9. The molecule has 0 spiro atoms. The molecular formula is C26H27O7P. The third kappa shape index (κ3) is 4.70. The maximum absolute atomic E-state index is 14.2. The predicted octanol–water partition coefficient (Wildman–Crippen LogP) is 4.83. The van der Waals surface area contributed by atoms with Crippen LogP contribution in [-0.2, 0) is 0 Å². The van der Waals surface area contributed by atoms with Crippen LogP contribution in [-0.4, -0.2) is 46.6 Å². The van der Waals surface area contributed by atoms with E-state index in [1.165, 1.54) is 28.4 Å². The van der Waals surface area contributed by atoms with Gasteiger partial charge in [0.25, 0.3) is 0 Å². The molecule has 3 aromatic rings. The van der Waals surface area contributed by atoms with Gasteiger partial charge < -0.3 is 23.7 Å². The fourth-order valence-electron chi connectivity index (χ4n) is 3.66. The summed E-state index contributed by atoms with van der Waals surface area (Å²) in [7, 11) is 5.33. The topological polar surface area (TPSA) is 80.3 Å². The summed E-state index contributed by atoms with van der Waals surface area (Å²) in [5.41, 5.74) is 0.341. The van der Waals surface area contributed by atoms with E-state index in [4.69, 9.17) is 23.7 Å². The zero-order chi connectivity index (χ0) is 24.8. The fourth-order valence-corrected chi connectivity index (χ4v) is 5.82. The van der Waals surface area contributed by atoms with Crippen LogP contribution in [0, 0.1) is 6.92 Å². The van der Waals surface area contributed by atoms with E-state index in [0.717, 1.165) is 5.56 Å². The molecule has 0 saturated carbocycles. The van der Waals surface area contributed by atoms with Crippen molar-refractivity contribution in [3.8, 4) is 28.7 Å². The Balaban J connectivity index is 2.30. The highest BCUT2D eigenvalue weighted by Crippen LogP contribution is 2.50. The van der Waals surface area contributed by atoms with Crippen molar-refractivity contribution in [3.05, 3.63) is 71.3 Å². The van der Waals surface area contributed by atoms with E-state index >= 15 is 0 Å². The Morgan fingerprint density at radius 3 is 1.35 bits per heavy atom. The number of methoxy groups -OCH3 is 5. The van der Waals surface area contributed by atoms with Gasteiger partial charge in [-0.3, -0.25) is 9.59 Å². The van der Waals surface area contributed by atoms with Crippen LogP contribution in [0.4, 0.5) is 0 Å². The molecular weight excluding hydrogens is 455 g/mol. The number of hydrogen-bond donors (Lipinski definition) is 0. The molecule has 0 radical (unpaired) electrons.